The summed E-state index contributed by atoms with van der Waals surface area (Å²) < 4.78 is 39.8. The average molecular weight is 315 g/mol. The highest BCUT2D eigenvalue weighted by atomic mass is 32.2. The summed E-state index contributed by atoms with van der Waals surface area (Å²) in [5.74, 6) is 0.247. The van der Waals surface area contributed by atoms with Crippen LogP contribution in [0, 0.1) is 12.3 Å². The number of benzene rings is 1. The van der Waals surface area contributed by atoms with Crippen LogP contribution in [-0.2, 0) is 13.2 Å². The first kappa shape index (κ1) is 15.4. The molecule has 3 N–H and O–H groups in total. The number of rotatable bonds is 3. The number of nitrogens with two attached hydrogens (primary N) is 1. The predicted molar refractivity (Wildman–Crippen MR) is 72.3 cm³/mol. The van der Waals surface area contributed by atoms with Gasteiger partial charge in [0, 0.05) is 17.5 Å². The second kappa shape index (κ2) is 5.40. The number of nitrogen functional groups attached to an aromatic ring is 1. The van der Waals surface area contributed by atoms with E-state index in [4.69, 9.17) is 11.1 Å². The summed E-state index contributed by atoms with van der Waals surface area (Å²) in [5, 5.41) is 15.8. The Hall–Kier alpha value is -2.03. The van der Waals surface area contributed by atoms with Gasteiger partial charge in [0.25, 0.3) is 0 Å². The van der Waals surface area contributed by atoms with Gasteiger partial charge < -0.3 is 10.3 Å². The molecule has 0 aliphatic carbocycles. The van der Waals surface area contributed by atoms with Crippen molar-refractivity contribution in [2.45, 2.75) is 23.2 Å². The summed E-state index contributed by atoms with van der Waals surface area (Å²) in [6.07, 6.45) is -4.48. The Bertz CT molecular complexity index is 693. The van der Waals surface area contributed by atoms with Crippen LogP contribution in [0.4, 0.5) is 13.2 Å². The third-order valence-corrected chi connectivity index (χ3v) is 3.96. The fourth-order valence-electron chi connectivity index (χ4n) is 1.58. The first-order valence-corrected chi connectivity index (χ1v) is 6.61. The van der Waals surface area contributed by atoms with Crippen molar-refractivity contribution in [1.82, 2.24) is 14.8 Å². The molecule has 2 aromatic rings. The van der Waals surface area contributed by atoms with Crippen molar-refractivity contribution in [1.29, 1.82) is 5.41 Å². The molecule has 0 unspecified atom stereocenters. The molecule has 0 fully saturated rings. The van der Waals surface area contributed by atoms with E-state index >= 15 is 0 Å². The lowest BCUT2D eigenvalue weighted by Gasteiger charge is -2.12. The molecule has 9 heteroatoms. The van der Waals surface area contributed by atoms with Gasteiger partial charge in [0.05, 0.1) is 5.56 Å². The number of amidine groups is 1. The zero-order valence-corrected chi connectivity index (χ0v) is 12.0. The first-order valence-electron chi connectivity index (χ1n) is 5.79. The molecule has 0 atom stereocenters. The van der Waals surface area contributed by atoms with Gasteiger partial charge in [-0.3, -0.25) is 5.41 Å². The molecule has 0 saturated heterocycles. The largest absolute Gasteiger partial charge is 0.416 e. The zero-order valence-electron chi connectivity index (χ0n) is 11.2. The van der Waals surface area contributed by atoms with Crippen LogP contribution in [0.1, 0.15) is 17.0 Å². The van der Waals surface area contributed by atoms with Crippen molar-refractivity contribution < 1.29 is 13.2 Å². The molecular weight excluding hydrogens is 303 g/mol. The van der Waals surface area contributed by atoms with Gasteiger partial charge in [0.15, 0.2) is 5.16 Å². The van der Waals surface area contributed by atoms with E-state index in [0.717, 1.165) is 23.9 Å². The van der Waals surface area contributed by atoms with Crippen LogP contribution in [0.3, 0.4) is 0 Å². The highest BCUT2D eigenvalue weighted by molar-refractivity contribution is 7.99. The van der Waals surface area contributed by atoms with Crippen molar-refractivity contribution in [2.75, 3.05) is 0 Å². The number of nitrogens with zero attached hydrogens (tertiary/aromatic N) is 3. The number of alkyl halides is 3. The van der Waals surface area contributed by atoms with E-state index in [9.17, 15) is 13.2 Å². The molecule has 0 aliphatic rings. The molecule has 0 radical (unpaired) electrons. The van der Waals surface area contributed by atoms with Gasteiger partial charge in [0.1, 0.15) is 11.7 Å². The van der Waals surface area contributed by atoms with Gasteiger partial charge in [-0.05, 0) is 36.9 Å². The van der Waals surface area contributed by atoms with Crippen LogP contribution < -0.4 is 5.73 Å². The zero-order chi connectivity index (χ0) is 15.8. The maximum absolute atomic E-state index is 12.7. The predicted octanol–water partition coefficient (Wildman–Crippen LogP) is 2.58. The molecule has 0 aliphatic heterocycles. The van der Waals surface area contributed by atoms with Gasteiger partial charge in [-0.1, -0.05) is 0 Å². The third-order valence-electron chi connectivity index (χ3n) is 2.85. The van der Waals surface area contributed by atoms with Crippen LogP contribution in [0.25, 0.3) is 0 Å². The van der Waals surface area contributed by atoms with E-state index in [2.05, 4.69) is 10.2 Å². The summed E-state index contributed by atoms with van der Waals surface area (Å²) in [7, 11) is 1.75. The smallest absolute Gasteiger partial charge is 0.384 e. The number of hydrogen-bond donors (Lipinski definition) is 2. The maximum Gasteiger partial charge on any atom is 0.416 e. The Morgan fingerprint density at radius 2 is 2.00 bits per heavy atom. The van der Waals surface area contributed by atoms with E-state index < -0.39 is 17.6 Å². The van der Waals surface area contributed by atoms with Crippen LogP contribution in [0.5, 0.6) is 0 Å². The summed E-state index contributed by atoms with van der Waals surface area (Å²) in [5.41, 5.74) is 4.57. The third kappa shape index (κ3) is 3.18. The van der Waals surface area contributed by atoms with E-state index in [-0.39, 0.29) is 5.56 Å². The molecule has 0 spiro atoms. The Balaban J connectivity index is 2.44. The second-order valence-corrected chi connectivity index (χ2v) is 5.32. The first-order chi connectivity index (χ1) is 9.70. The number of halogens is 3. The number of aromatic nitrogens is 3. The molecule has 1 heterocycles. The molecule has 112 valence electrons. The molecule has 2 rings (SSSR count). The van der Waals surface area contributed by atoms with Crippen LogP contribution >= 0.6 is 11.8 Å². The summed E-state index contributed by atoms with van der Waals surface area (Å²) in [6, 6.07) is 3.11. The molecule has 5 nitrogen and oxygen atoms in total. The summed E-state index contributed by atoms with van der Waals surface area (Å²) >= 11 is 1.11. The lowest BCUT2D eigenvalue weighted by Crippen LogP contribution is -2.15. The molecule has 1 aromatic heterocycles. The van der Waals surface area contributed by atoms with Crippen LogP contribution in [0.15, 0.2) is 28.3 Å². The Kier molecular flexibility index (Phi) is 3.95. The highest BCUT2D eigenvalue weighted by Crippen LogP contribution is 2.35. The Labute approximate surface area is 122 Å². The lowest BCUT2D eigenvalue weighted by atomic mass is 10.1. The van der Waals surface area contributed by atoms with Gasteiger partial charge >= 0.3 is 6.18 Å². The highest BCUT2D eigenvalue weighted by Gasteiger charge is 2.31. The number of hydrogen-bond acceptors (Lipinski definition) is 4. The summed E-state index contributed by atoms with van der Waals surface area (Å²) in [6.45, 7) is 1.76. The normalized spacial score (nSPS) is 11.7. The van der Waals surface area contributed by atoms with E-state index in [1.54, 1.807) is 18.5 Å². The van der Waals surface area contributed by atoms with Crippen LogP contribution in [-0.4, -0.2) is 20.6 Å². The van der Waals surface area contributed by atoms with Gasteiger partial charge in [-0.2, -0.15) is 13.2 Å². The quantitative estimate of drug-likeness (QED) is 0.674. The van der Waals surface area contributed by atoms with Gasteiger partial charge in [0.2, 0.25) is 0 Å². The monoisotopic (exact) mass is 315 g/mol. The average Bonchev–Trinajstić information content (AvgIpc) is 2.69. The molecule has 0 bridgehead atoms. The standard InChI is InChI=1S/C12H12F3N5S/c1-6-18-19-11(20(6)2)21-9-4-3-7(12(13,14)15)5-8(9)10(16)17/h3-5H,1-2H3,(H3,16,17). The minimum atomic E-state index is -4.48. The Morgan fingerprint density at radius 1 is 1.33 bits per heavy atom. The van der Waals surface area contributed by atoms with E-state index in [1.807, 2.05) is 0 Å². The fourth-order valence-corrected chi connectivity index (χ4v) is 2.54. The fraction of sp³-hybridized carbons (Fsp3) is 0.250. The molecule has 0 saturated carbocycles. The number of nitrogens with one attached hydrogen (secondary N) is 1. The maximum atomic E-state index is 12.7. The summed E-state index contributed by atoms with van der Waals surface area (Å²) in [4.78, 5) is 0.422. The van der Waals surface area contributed by atoms with E-state index in [1.165, 1.54) is 6.07 Å². The van der Waals surface area contributed by atoms with Crippen molar-refractivity contribution in [3.05, 3.63) is 35.2 Å². The molecule has 0 amide bonds. The SMILES string of the molecule is Cc1nnc(Sc2ccc(C(F)(F)F)cc2C(=N)N)n1C. The minimum Gasteiger partial charge on any atom is -0.384 e. The molecular formula is C12H12F3N5S. The van der Waals surface area contributed by atoms with Crippen LogP contribution in [0.2, 0.25) is 0 Å². The van der Waals surface area contributed by atoms with Crippen molar-refractivity contribution >= 4 is 17.6 Å². The lowest BCUT2D eigenvalue weighted by molar-refractivity contribution is -0.137. The van der Waals surface area contributed by atoms with E-state index in [0.29, 0.717) is 15.9 Å². The van der Waals surface area contributed by atoms with Gasteiger partial charge in [-0.15, -0.1) is 10.2 Å². The topological polar surface area (TPSA) is 80.6 Å². The van der Waals surface area contributed by atoms with Crippen molar-refractivity contribution in [2.24, 2.45) is 12.8 Å². The van der Waals surface area contributed by atoms with Gasteiger partial charge in [-0.25, -0.2) is 0 Å². The Morgan fingerprint density at radius 3 is 2.48 bits per heavy atom. The second-order valence-electron chi connectivity index (χ2n) is 4.31. The number of aryl methyl sites for hydroxylation is 1. The minimum absolute atomic E-state index is 0.0236. The molecule has 21 heavy (non-hydrogen) atoms. The van der Waals surface area contributed by atoms with Crippen molar-refractivity contribution in [3.8, 4) is 0 Å². The van der Waals surface area contributed by atoms with Crippen molar-refractivity contribution in [3.63, 3.8) is 0 Å². The molecule has 1 aromatic carbocycles.